The minimum atomic E-state index is -0.173. The first-order valence-electron chi connectivity index (χ1n) is 10.8. The van der Waals surface area contributed by atoms with Gasteiger partial charge in [-0.05, 0) is 31.2 Å². The van der Waals surface area contributed by atoms with Crippen molar-refractivity contribution < 1.29 is 19.3 Å². The molecule has 0 radical (unpaired) electrons. The fourth-order valence-electron chi connectivity index (χ4n) is 3.39. The maximum absolute atomic E-state index is 9.29. The van der Waals surface area contributed by atoms with E-state index < -0.39 is 0 Å². The van der Waals surface area contributed by atoms with Crippen LogP contribution in [0.15, 0.2) is 24.4 Å². The van der Waals surface area contributed by atoms with E-state index in [9.17, 15) is 5.11 Å². The van der Waals surface area contributed by atoms with Gasteiger partial charge in [-0.25, -0.2) is 9.50 Å². The van der Waals surface area contributed by atoms with Crippen molar-refractivity contribution in [1.82, 2.24) is 24.9 Å². The lowest BCUT2D eigenvalue weighted by Gasteiger charge is -2.16. The summed E-state index contributed by atoms with van der Waals surface area (Å²) in [6.07, 6.45) is 4.34. The standard InChI is InChI=1S/C22H32N6O4/c1-4-5-17(8-10-29)32-22-26-20(23)21-25-14-16(28(21)27-22)12-15-6-7-18(30-3)19(13-15)31-11-9-24-2/h6-7,13-14,17,24,29H,4-5,8-12H2,1-3H3,(H2,23,26,27)/t17-/m1/s1. The van der Waals surface area contributed by atoms with Crippen LogP contribution in [-0.2, 0) is 6.42 Å². The maximum Gasteiger partial charge on any atom is 0.336 e. The minimum Gasteiger partial charge on any atom is -0.493 e. The first-order valence-corrected chi connectivity index (χ1v) is 10.8. The number of nitrogens with zero attached hydrogens (tertiary/aromatic N) is 4. The number of benzene rings is 1. The number of fused-ring (bicyclic) bond motifs is 1. The summed E-state index contributed by atoms with van der Waals surface area (Å²) in [7, 11) is 3.50. The van der Waals surface area contributed by atoms with Crippen molar-refractivity contribution in [1.29, 1.82) is 0 Å². The molecule has 0 aliphatic heterocycles. The molecule has 10 nitrogen and oxygen atoms in total. The smallest absolute Gasteiger partial charge is 0.336 e. The van der Waals surface area contributed by atoms with Crippen LogP contribution in [0.5, 0.6) is 17.5 Å². The number of aromatic nitrogens is 4. The van der Waals surface area contributed by atoms with E-state index in [1.807, 2.05) is 25.2 Å². The fourth-order valence-corrected chi connectivity index (χ4v) is 3.39. The summed E-state index contributed by atoms with van der Waals surface area (Å²) >= 11 is 0. The summed E-state index contributed by atoms with van der Waals surface area (Å²) < 4.78 is 18.8. The number of anilines is 1. The zero-order valence-electron chi connectivity index (χ0n) is 18.9. The Kier molecular flexibility index (Phi) is 8.46. The molecular weight excluding hydrogens is 412 g/mol. The van der Waals surface area contributed by atoms with Crippen molar-refractivity contribution in [3.63, 3.8) is 0 Å². The van der Waals surface area contributed by atoms with Gasteiger partial charge in [-0.2, -0.15) is 4.98 Å². The zero-order chi connectivity index (χ0) is 22.9. The molecule has 0 unspecified atom stereocenters. The van der Waals surface area contributed by atoms with Crippen LogP contribution in [0.3, 0.4) is 0 Å². The number of methoxy groups -OCH3 is 1. The van der Waals surface area contributed by atoms with Crippen molar-refractivity contribution in [2.45, 2.75) is 38.7 Å². The third-order valence-corrected chi connectivity index (χ3v) is 5.00. The van der Waals surface area contributed by atoms with Gasteiger partial charge in [0.2, 0.25) is 0 Å². The minimum absolute atomic E-state index is 0.0366. The van der Waals surface area contributed by atoms with Crippen LogP contribution in [-0.4, -0.2) is 64.7 Å². The normalized spacial score (nSPS) is 12.1. The Hall–Kier alpha value is -3.11. The van der Waals surface area contributed by atoms with E-state index in [4.69, 9.17) is 19.9 Å². The van der Waals surface area contributed by atoms with Crippen molar-refractivity contribution in [2.75, 3.05) is 39.6 Å². The van der Waals surface area contributed by atoms with Gasteiger partial charge in [0.25, 0.3) is 0 Å². The average Bonchev–Trinajstić information content (AvgIpc) is 3.18. The molecule has 0 amide bonds. The summed E-state index contributed by atoms with van der Waals surface area (Å²) in [5, 5.41) is 16.9. The van der Waals surface area contributed by atoms with E-state index in [1.165, 1.54) is 0 Å². The van der Waals surface area contributed by atoms with Crippen molar-refractivity contribution >= 4 is 11.5 Å². The van der Waals surface area contributed by atoms with Gasteiger partial charge in [0.1, 0.15) is 12.7 Å². The van der Waals surface area contributed by atoms with Crippen LogP contribution in [0.25, 0.3) is 5.65 Å². The SMILES string of the molecule is CCC[C@H](CCO)Oc1nc(N)c2ncc(Cc3ccc(OC)c(OCCNC)c3)n2n1. The van der Waals surface area contributed by atoms with E-state index in [-0.39, 0.29) is 24.5 Å². The van der Waals surface area contributed by atoms with Crippen LogP contribution in [0, 0.1) is 0 Å². The van der Waals surface area contributed by atoms with Crippen LogP contribution < -0.4 is 25.3 Å². The second-order valence-corrected chi connectivity index (χ2v) is 7.42. The Morgan fingerprint density at radius 3 is 2.81 bits per heavy atom. The van der Waals surface area contributed by atoms with Crippen molar-refractivity contribution in [3.8, 4) is 17.5 Å². The zero-order valence-corrected chi connectivity index (χ0v) is 18.9. The number of aliphatic hydroxyl groups excluding tert-OH is 1. The van der Waals surface area contributed by atoms with E-state index in [1.54, 1.807) is 17.8 Å². The molecule has 2 heterocycles. The lowest BCUT2D eigenvalue weighted by molar-refractivity contribution is 0.133. The fraction of sp³-hybridized carbons (Fsp3) is 0.500. The molecule has 0 aliphatic rings. The van der Waals surface area contributed by atoms with E-state index in [2.05, 4.69) is 27.3 Å². The molecule has 0 saturated heterocycles. The van der Waals surface area contributed by atoms with Gasteiger partial charge in [-0.15, -0.1) is 5.10 Å². The van der Waals surface area contributed by atoms with Crippen molar-refractivity contribution in [3.05, 3.63) is 35.7 Å². The topological polar surface area (TPSA) is 129 Å². The number of aliphatic hydroxyl groups is 1. The van der Waals surface area contributed by atoms with Crippen LogP contribution in [0.1, 0.15) is 37.4 Å². The summed E-state index contributed by atoms with van der Waals surface area (Å²) in [5.41, 5.74) is 8.43. The number of nitrogen functional groups attached to an aromatic ring is 1. The second kappa shape index (κ2) is 11.5. The molecule has 0 aliphatic carbocycles. The maximum atomic E-state index is 9.29. The first-order chi connectivity index (χ1) is 15.6. The molecule has 0 bridgehead atoms. The predicted octanol–water partition coefficient (Wildman–Crippen LogP) is 1.83. The number of imidazole rings is 1. The quantitative estimate of drug-likeness (QED) is 0.338. The van der Waals surface area contributed by atoms with Gasteiger partial charge < -0.3 is 30.4 Å². The Morgan fingerprint density at radius 2 is 2.09 bits per heavy atom. The molecule has 10 heteroatoms. The van der Waals surface area contributed by atoms with Crippen LogP contribution in [0.4, 0.5) is 5.82 Å². The molecule has 0 fully saturated rings. The number of rotatable bonds is 13. The summed E-state index contributed by atoms with van der Waals surface area (Å²) in [4.78, 5) is 8.62. The molecule has 1 aromatic carbocycles. The summed E-state index contributed by atoms with van der Waals surface area (Å²) in [5.74, 6) is 1.60. The number of nitrogens with two attached hydrogens (primary N) is 1. The molecular formula is C22H32N6O4. The van der Waals surface area contributed by atoms with E-state index in [0.29, 0.717) is 36.6 Å². The highest BCUT2D eigenvalue weighted by Crippen LogP contribution is 2.29. The van der Waals surface area contributed by atoms with Crippen LogP contribution >= 0.6 is 0 Å². The van der Waals surface area contributed by atoms with E-state index in [0.717, 1.165) is 30.6 Å². The Labute approximate surface area is 187 Å². The molecule has 1 atom stereocenters. The largest absolute Gasteiger partial charge is 0.493 e. The molecule has 0 saturated carbocycles. The Bertz CT molecular complexity index is 1000. The number of ether oxygens (including phenoxy) is 3. The third kappa shape index (κ3) is 5.77. The monoisotopic (exact) mass is 444 g/mol. The highest BCUT2D eigenvalue weighted by atomic mass is 16.5. The van der Waals surface area contributed by atoms with Crippen molar-refractivity contribution in [2.24, 2.45) is 0 Å². The summed E-state index contributed by atoms with van der Waals surface area (Å²) in [6, 6.07) is 5.99. The van der Waals surface area contributed by atoms with Gasteiger partial charge in [0, 0.05) is 26.0 Å². The van der Waals surface area contributed by atoms with E-state index >= 15 is 0 Å². The van der Waals surface area contributed by atoms with Gasteiger partial charge in [-0.1, -0.05) is 19.4 Å². The lowest BCUT2D eigenvalue weighted by Crippen LogP contribution is -2.20. The predicted molar refractivity (Wildman–Crippen MR) is 121 cm³/mol. The molecule has 0 spiro atoms. The number of hydrogen-bond acceptors (Lipinski definition) is 9. The second-order valence-electron chi connectivity index (χ2n) is 7.42. The highest BCUT2D eigenvalue weighted by Gasteiger charge is 2.16. The van der Waals surface area contributed by atoms with Gasteiger partial charge in [0.15, 0.2) is 23.0 Å². The lowest BCUT2D eigenvalue weighted by atomic mass is 10.1. The van der Waals surface area contributed by atoms with Gasteiger partial charge in [0.05, 0.1) is 19.0 Å². The Balaban J connectivity index is 1.86. The number of hydrogen-bond donors (Lipinski definition) is 3. The Morgan fingerprint density at radius 1 is 1.25 bits per heavy atom. The number of likely N-dealkylation sites (N-methyl/N-ethyl adjacent to an activating group) is 1. The number of nitrogens with one attached hydrogen (secondary N) is 1. The summed E-state index contributed by atoms with van der Waals surface area (Å²) in [6.45, 7) is 3.36. The van der Waals surface area contributed by atoms with Gasteiger partial charge in [-0.3, -0.25) is 0 Å². The molecule has 3 aromatic rings. The highest BCUT2D eigenvalue weighted by molar-refractivity contribution is 5.60. The molecule has 3 rings (SSSR count). The third-order valence-electron chi connectivity index (χ3n) is 5.00. The van der Waals surface area contributed by atoms with Crippen LogP contribution in [0.2, 0.25) is 0 Å². The molecule has 2 aromatic heterocycles. The first kappa shape index (κ1) is 23.6. The molecule has 4 N–H and O–H groups in total. The molecule has 32 heavy (non-hydrogen) atoms. The van der Waals surface area contributed by atoms with Gasteiger partial charge >= 0.3 is 6.01 Å². The average molecular weight is 445 g/mol. The molecule has 174 valence electrons.